The van der Waals surface area contributed by atoms with Crippen molar-refractivity contribution in [2.45, 2.75) is 45.1 Å². The minimum atomic E-state index is 0.113. The fourth-order valence-electron chi connectivity index (χ4n) is 2.90. The van der Waals surface area contributed by atoms with Crippen molar-refractivity contribution < 1.29 is 4.79 Å². The summed E-state index contributed by atoms with van der Waals surface area (Å²) in [7, 11) is 0. The number of piperidine rings is 1. The number of hydrogen-bond donors (Lipinski definition) is 2. The van der Waals surface area contributed by atoms with Crippen molar-refractivity contribution in [3.05, 3.63) is 34.9 Å². The summed E-state index contributed by atoms with van der Waals surface area (Å²) in [5.74, 6) is 0.809. The van der Waals surface area contributed by atoms with E-state index in [1.165, 1.54) is 12.8 Å². The fourth-order valence-corrected chi connectivity index (χ4v) is 3.11. The Bertz CT molecular complexity index is 458. The fraction of sp³-hybridized carbons (Fsp3) is 0.588. The molecule has 0 spiro atoms. The molecular formula is C17H25ClN2O. The predicted octanol–water partition coefficient (Wildman–Crippen LogP) is 3.17. The van der Waals surface area contributed by atoms with Crippen LogP contribution < -0.4 is 10.6 Å². The van der Waals surface area contributed by atoms with Gasteiger partial charge in [-0.25, -0.2) is 0 Å². The van der Waals surface area contributed by atoms with E-state index in [1.807, 2.05) is 31.2 Å². The largest absolute Gasteiger partial charge is 0.353 e. The third-order valence-electron chi connectivity index (χ3n) is 4.07. The van der Waals surface area contributed by atoms with Crippen LogP contribution in [-0.4, -0.2) is 25.0 Å². The van der Waals surface area contributed by atoms with E-state index in [0.29, 0.717) is 12.3 Å². The van der Waals surface area contributed by atoms with Crippen molar-refractivity contribution in [2.24, 2.45) is 5.92 Å². The average molecular weight is 309 g/mol. The van der Waals surface area contributed by atoms with Gasteiger partial charge in [-0.3, -0.25) is 4.79 Å². The zero-order chi connectivity index (χ0) is 15.1. The van der Waals surface area contributed by atoms with Crippen molar-refractivity contribution in [1.82, 2.24) is 10.6 Å². The van der Waals surface area contributed by atoms with Crippen LogP contribution in [0.15, 0.2) is 24.3 Å². The Morgan fingerprint density at radius 2 is 2.29 bits per heavy atom. The van der Waals surface area contributed by atoms with E-state index >= 15 is 0 Å². The van der Waals surface area contributed by atoms with Crippen molar-refractivity contribution in [1.29, 1.82) is 0 Å². The predicted molar refractivity (Wildman–Crippen MR) is 87.6 cm³/mol. The highest BCUT2D eigenvalue weighted by molar-refractivity contribution is 6.31. The SMILES string of the molecule is CC(Cc1ccccc1Cl)NC(=O)CCC1CCCNC1. The summed E-state index contributed by atoms with van der Waals surface area (Å²) in [4.78, 5) is 12.0. The van der Waals surface area contributed by atoms with E-state index in [-0.39, 0.29) is 11.9 Å². The summed E-state index contributed by atoms with van der Waals surface area (Å²) in [5.41, 5.74) is 1.09. The standard InChI is InChI=1S/C17H25ClN2O/c1-13(11-15-6-2-3-7-16(15)18)20-17(21)9-8-14-5-4-10-19-12-14/h2-3,6-7,13-14,19H,4-5,8-12H2,1H3,(H,20,21). The zero-order valence-corrected chi connectivity index (χ0v) is 13.5. The monoisotopic (exact) mass is 308 g/mol. The Morgan fingerprint density at radius 1 is 1.48 bits per heavy atom. The van der Waals surface area contributed by atoms with Gasteiger partial charge in [0.15, 0.2) is 0 Å². The molecule has 1 fully saturated rings. The lowest BCUT2D eigenvalue weighted by Gasteiger charge is -2.22. The van der Waals surface area contributed by atoms with Crippen LogP contribution in [0.4, 0.5) is 0 Å². The van der Waals surface area contributed by atoms with Gasteiger partial charge in [0.05, 0.1) is 0 Å². The molecule has 1 heterocycles. The van der Waals surface area contributed by atoms with Crippen LogP contribution in [-0.2, 0) is 11.2 Å². The molecule has 1 aromatic rings. The minimum Gasteiger partial charge on any atom is -0.353 e. The maximum atomic E-state index is 12.0. The molecule has 0 saturated carbocycles. The number of amides is 1. The van der Waals surface area contributed by atoms with E-state index in [0.717, 1.165) is 36.5 Å². The Balaban J connectivity index is 1.70. The van der Waals surface area contributed by atoms with Gasteiger partial charge in [0.1, 0.15) is 0 Å². The second-order valence-electron chi connectivity index (χ2n) is 6.02. The summed E-state index contributed by atoms with van der Waals surface area (Å²) >= 11 is 6.15. The van der Waals surface area contributed by atoms with Crippen molar-refractivity contribution >= 4 is 17.5 Å². The maximum Gasteiger partial charge on any atom is 0.220 e. The summed E-state index contributed by atoms with van der Waals surface area (Å²) in [6.07, 6.45) is 4.86. The highest BCUT2D eigenvalue weighted by Gasteiger charge is 2.15. The second kappa shape index (κ2) is 8.40. The molecule has 1 saturated heterocycles. The molecule has 4 heteroatoms. The summed E-state index contributed by atoms with van der Waals surface area (Å²) in [6, 6.07) is 7.92. The molecule has 0 bridgehead atoms. The van der Waals surface area contributed by atoms with Gasteiger partial charge in [-0.15, -0.1) is 0 Å². The topological polar surface area (TPSA) is 41.1 Å². The molecule has 1 amide bonds. The molecule has 0 aromatic heterocycles. The van der Waals surface area contributed by atoms with Crippen LogP contribution in [0.1, 0.15) is 38.2 Å². The third kappa shape index (κ3) is 5.68. The molecule has 0 radical (unpaired) electrons. The molecule has 3 nitrogen and oxygen atoms in total. The van der Waals surface area contributed by atoms with Crippen LogP contribution in [0.2, 0.25) is 5.02 Å². The Morgan fingerprint density at radius 3 is 3.00 bits per heavy atom. The van der Waals surface area contributed by atoms with Crippen molar-refractivity contribution in [3.8, 4) is 0 Å². The van der Waals surface area contributed by atoms with Crippen LogP contribution in [0.25, 0.3) is 0 Å². The van der Waals surface area contributed by atoms with E-state index in [4.69, 9.17) is 11.6 Å². The van der Waals surface area contributed by atoms with Crippen LogP contribution in [0, 0.1) is 5.92 Å². The number of benzene rings is 1. The molecule has 2 unspecified atom stereocenters. The van der Waals surface area contributed by atoms with E-state index < -0.39 is 0 Å². The van der Waals surface area contributed by atoms with E-state index in [9.17, 15) is 4.79 Å². The highest BCUT2D eigenvalue weighted by atomic mass is 35.5. The van der Waals surface area contributed by atoms with Crippen LogP contribution in [0.5, 0.6) is 0 Å². The van der Waals surface area contributed by atoms with Crippen LogP contribution >= 0.6 is 11.6 Å². The smallest absolute Gasteiger partial charge is 0.220 e. The minimum absolute atomic E-state index is 0.113. The molecule has 1 aliphatic rings. The first kappa shape index (κ1) is 16.3. The molecular weight excluding hydrogens is 284 g/mol. The van der Waals surface area contributed by atoms with Gasteiger partial charge in [0.25, 0.3) is 0 Å². The number of carbonyl (C=O) groups is 1. The Labute approximate surface area is 132 Å². The number of nitrogens with one attached hydrogen (secondary N) is 2. The molecule has 2 N–H and O–H groups in total. The Kier molecular flexibility index (Phi) is 6.52. The molecule has 116 valence electrons. The van der Waals surface area contributed by atoms with Gasteiger partial charge in [-0.05, 0) is 63.2 Å². The summed E-state index contributed by atoms with van der Waals surface area (Å²) in [5, 5.41) is 7.24. The highest BCUT2D eigenvalue weighted by Crippen LogP contribution is 2.17. The second-order valence-corrected chi connectivity index (χ2v) is 6.42. The number of rotatable bonds is 6. The average Bonchev–Trinajstić information content (AvgIpc) is 2.48. The van der Waals surface area contributed by atoms with Gasteiger partial charge < -0.3 is 10.6 Å². The molecule has 1 aromatic carbocycles. The first-order valence-electron chi connectivity index (χ1n) is 7.88. The first-order valence-corrected chi connectivity index (χ1v) is 8.26. The van der Waals surface area contributed by atoms with Gasteiger partial charge in [-0.1, -0.05) is 29.8 Å². The zero-order valence-electron chi connectivity index (χ0n) is 12.7. The Hall–Kier alpha value is -1.06. The normalized spacial score (nSPS) is 20.0. The number of halogens is 1. The quantitative estimate of drug-likeness (QED) is 0.847. The molecule has 2 atom stereocenters. The van der Waals surface area contributed by atoms with Gasteiger partial charge in [0.2, 0.25) is 5.91 Å². The third-order valence-corrected chi connectivity index (χ3v) is 4.44. The van der Waals surface area contributed by atoms with E-state index in [1.54, 1.807) is 0 Å². The lowest BCUT2D eigenvalue weighted by Crippen LogP contribution is -2.35. The van der Waals surface area contributed by atoms with Gasteiger partial charge >= 0.3 is 0 Å². The molecule has 1 aliphatic heterocycles. The molecule has 2 rings (SSSR count). The summed E-state index contributed by atoms with van der Waals surface area (Å²) < 4.78 is 0. The van der Waals surface area contributed by atoms with Crippen molar-refractivity contribution in [3.63, 3.8) is 0 Å². The maximum absolute atomic E-state index is 12.0. The van der Waals surface area contributed by atoms with E-state index in [2.05, 4.69) is 10.6 Å². The lowest BCUT2D eigenvalue weighted by atomic mass is 9.94. The number of carbonyl (C=O) groups excluding carboxylic acids is 1. The van der Waals surface area contributed by atoms with Crippen LogP contribution in [0.3, 0.4) is 0 Å². The first-order chi connectivity index (χ1) is 10.1. The van der Waals surface area contributed by atoms with Crippen molar-refractivity contribution in [2.75, 3.05) is 13.1 Å². The summed E-state index contributed by atoms with van der Waals surface area (Å²) in [6.45, 7) is 4.21. The molecule has 21 heavy (non-hydrogen) atoms. The molecule has 0 aliphatic carbocycles. The number of hydrogen-bond acceptors (Lipinski definition) is 2. The van der Waals surface area contributed by atoms with Gasteiger partial charge in [-0.2, -0.15) is 0 Å². The lowest BCUT2D eigenvalue weighted by molar-refractivity contribution is -0.122. The van der Waals surface area contributed by atoms with Gasteiger partial charge in [0, 0.05) is 17.5 Å².